The van der Waals surface area contributed by atoms with Gasteiger partial charge in [-0.2, -0.15) is 0 Å². The summed E-state index contributed by atoms with van der Waals surface area (Å²) in [6.07, 6.45) is 0.134. The van der Waals surface area contributed by atoms with Gasteiger partial charge in [0.2, 0.25) is 0 Å². The number of ether oxygens (including phenoxy) is 1. The van der Waals surface area contributed by atoms with Crippen molar-refractivity contribution in [3.63, 3.8) is 0 Å². The average molecular weight is 177 g/mol. The third-order valence-corrected chi connectivity index (χ3v) is 2.80. The van der Waals surface area contributed by atoms with Crippen molar-refractivity contribution in [2.24, 2.45) is 5.73 Å². The number of hydrogen-bond acceptors (Lipinski definition) is 2. The summed E-state index contributed by atoms with van der Waals surface area (Å²) in [6.45, 7) is 4.83. The van der Waals surface area contributed by atoms with Crippen molar-refractivity contribution in [2.75, 3.05) is 0 Å². The van der Waals surface area contributed by atoms with Crippen molar-refractivity contribution in [3.8, 4) is 0 Å². The molecule has 0 unspecified atom stereocenters. The molecule has 1 aromatic rings. The number of hydrogen-bond donors (Lipinski definition) is 1. The topological polar surface area (TPSA) is 35.2 Å². The number of nitrogens with two attached hydrogens (primary N) is 1. The van der Waals surface area contributed by atoms with Crippen molar-refractivity contribution < 1.29 is 4.74 Å². The van der Waals surface area contributed by atoms with Gasteiger partial charge in [-0.15, -0.1) is 0 Å². The molecule has 2 N–H and O–H groups in total. The first-order valence-corrected chi connectivity index (χ1v) is 4.65. The Labute approximate surface area is 78.7 Å². The zero-order valence-electron chi connectivity index (χ0n) is 8.08. The monoisotopic (exact) mass is 177 g/mol. The van der Waals surface area contributed by atoms with Crippen LogP contribution in [0.3, 0.4) is 0 Å². The Hall–Kier alpha value is -0.860. The molecular formula is C11H15NO. The first-order valence-electron chi connectivity index (χ1n) is 4.65. The van der Waals surface area contributed by atoms with Gasteiger partial charge in [0.25, 0.3) is 0 Å². The maximum Gasteiger partial charge on any atom is 0.0744 e. The van der Waals surface area contributed by atoms with Gasteiger partial charge in [0, 0.05) is 0 Å². The highest BCUT2D eigenvalue weighted by Crippen LogP contribution is 2.29. The standard InChI is InChI=1S/C11H15NO/c1-7-4-3-5-9-10(7)6-13-8(2)11(9)12/h3-5,8,11H,6,12H2,1-2H3/t8-,11+/m1/s1. The van der Waals surface area contributed by atoms with Gasteiger partial charge in [-0.1, -0.05) is 18.2 Å². The first-order chi connectivity index (χ1) is 6.20. The van der Waals surface area contributed by atoms with Gasteiger partial charge >= 0.3 is 0 Å². The summed E-state index contributed by atoms with van der Waals surface area (Å²) in [7, 11) is 0. The molecule has 1 heterocycles. The second-order valence-corrected chi connectivity index (χ2v) is 3.68. The van der Waals surface area contributed by atoms with Gasteiger partial charge in [0.1, 0.15) is 0 Å². The molecule has 1 aromatic carbocycles. The van der Waals surface area contributed by atoms with Crippen LogP contribution in [0.5, 0.6) is 0 Å². The lowest BCUT2D eigenvalue weighted by atomic mass is 9.92. The minimum atomic E-state index is 0.0312. The lowest BCUT2D eigenvalue weighted by Gasteiger charge is -2.29. The summed E-state index contributed by atoms with van der Waals surface area (Å²) in [4.78, 5) is 0. The maximum absolute atomic E-state index is 6.03. The largest absolute Gasteiger partial charge is 0.372 e. The summed E-state index contributed by atoms with van der Waals surface area (Å²) in [5.74, 6) is 0. The highest BCUT2D eigenvalue weighted by atomic mass is 16.5. The Morgan fingerprint density at radius 3 is 3.00 bits per heavy atom. The fourth-order valence-corrected chi connectivity index (χ4v) is 1.81. The number of fused-ring (bicyclic) bond motifs is 1. The van der Waals surface area contributed by atoms with Crippen LogP contribution in [0.4, 0.5) is 0 Å². The lowest BCUT2D eigenvalue weighted by Crippen LogP contribution is -2.31. The molecule has 2 heteroatoms. The van der Waals surface area contributed by atoms with Gasteiger partial charge < -0.3 is 10.5 Å². The second-order valence-electron chi connectivity index (χ2n) is 3.68. The van der Waals surface area contributed by atoms with Gasteiger partial charge in [-0.25, -0.2) is 0 Å². The predicted molar refractivity (Wildman–Crippen MR) is 52.4 cm³/mol. The van der Waals surface area contributed by atoms with Crippen LogP contribution >= 0.6 is 0 Å². The highest BCUT2D eigenvalue weighted by molar-refractivity contribution is 5.37. The molecule has 13 heavy (non-hydrogen) atoms. The molecule has 0 fully saturated rings. The fraction of sp³-hybridized carbons (Fsp3) is 0.455. The first kappa shape index (κ1) is 8.73. The van der Waals surface area contributed by atoms with E-state index in [2.05, 4.69) is 25.1 Å². The third kappa shape index (κ3) is 1.36. The molecule has 0 radical (unpaired) electrons. The molecule has 2 atom stereocenters. The fourth-order valence-electron chi connectivity index (χ4n) is 1.81. The van der Waals surface area contributed by atoms with Gasteiger partial charge in [-0.05, 0) is 30.5 Å². The Balaban J connectivity index is 2.49. The lowest BCUT2D eigenvalue weighted by molar-refractivity contribution is 0.0210. The summed E-state index contributed by atoms with van der Waals surface area (Å²) < 4.78 is 5.57. The molecule has 0 saturated heterocycles. The van der Waals surface area contributed by atoms with E-state index in [4.69, 9.17) is 10.5 Å². The second kappa shape index (κ2) is 3.13. The average Bonchev–Trinajstić information content (AvgIpc) is 2.12. The van der Waals surface area contributed by atoms with Crippen LogP contribution in [-0.2, 0) is 11.3 Å². The quantitative estimate of drug-likeness (QED) is 0.657. The minimum absolute atomic E-state index is 0.0312. The number of aryl methyl sites for hydroxylation is 1. The van der Waals surface area contributed by atoms with E-state index in [0.717, 1.165) is 0 Å². The Kier molecular flexibility index (Phi) is 2.10. The number of benzene rings is 1. The van der Waals surface area contributed by atoms with E-state index < -0.39 is 0 Å². The molecule has 0 amide bonds. The van der Waals surface area contributed by atoms with E-state index in [-0.39, 0.29) is 12.1 Å². The molecule has 0 aliphatic carbocycles. The molecule has 2 rings (SSSR count). The third-order valence-electron chi connectivity index (χ3n) is 2.80. The minimum Gasteiger partial charge on any atom is -0.372 e. The number of rotatable bonds is 0. The molecule has 1 aliphatic rings. The summed E-state index contributed by atoms with van der Waals surface area (Å²) in [5.41, 5.74) is 9.83. The van der Waals surface area contributed by atoms with Crippen molar-refractivity contribution in [3.05, 3.63) is 34.9 Å². The van der Waals surface area contributed by atoms with Crippen LogP contribution in [0.1, 0.15) is 29.7 Å². The zero-order chi connectivity index (χ0) is 9.42. The van der Waals surface area contributed by atoms with Crippen LogP contribution in [0.25, 0.3) is 0 Å². The van der Waals surface area contributed by atoms with Crippen LogP contribution in [-0.4, -0.2) is 6.10 Å². The van der Waals surface area contributed by atoms with E-state index in [1.807, 2.05) is 6.92 Å². The predicted octanol–water partition coefficient (Wildman–Crippen LogP) is 1.91. The normalized spacial score (nSPS) is 27.0. The molecule has 0 spiro atoms. The zero-order valence-corrected chi connectivity index (χ0v) is 8.08. The Bertz CT molecular complexity index is 322. The summed E-state index contributed by atoms with van der Waals surface area (Å²) in [5, 5.41) is 0. The molecule has 0 aromatic heterocycles. The van der Waals surface area contributed by atoms with E-state index in [0.29, 0.717) is 6.61 Å². The van der Waals surface area contributed by atoms with E-state index >= 15 is 0 Å². The molecule has 0 saturated carbocycles. The van der Waals surface area contributed by atoms with Gasteiger partial charge in [-0.3, -0.25) is 0 Å². The highest BCUT2D eigenvalue weighted by Gasteiger charge is 2.24. The smallest absolute Gasteiger partial charge is 0.0744 e. The summed E-state index contributed by atoms with van der Waals surface area (Å²) in [6, 6.07) is 6.30. The Morgan fingerprint density at radius 2 is 2.23 bits per heavy atom. The van der Waals surface area contributed by atoms with Crippen molar-refractivity contribution in [2.45, 2.75) is 32.6 Å². The van der Waals surface area contributed by atoms with Crippen LogP contribution in [0.15, 0.2) is 18.2 Å². The van der Waals surface area contributed by atoms with Crippen LogP contribution in [0.2, 0.25) is 0 Å². The Morgan fingerprint density at radius 1 is 1.46 bits per heavy atom. The SMILES string of the molecule is Cc1cccc2c1CO[C@H](C)[C@@H]2N. The van der Waals surface area contributed by atoms with Crippen LogP contribution in [0, 0.1) is 6.92 Å². The molecule has 2 nitrogen and oxygen atoms in total. The van der Waals surface area contributed by atoms with Crippen molar-refractivity contribution >= 4 is 0 Å². The molecule has 70 valence electrons. The van der Waals surface area contributed by atoms with E-state index in [1.54, 1.807) is 0 Å². The van der Waals surface area contributed by atoms with Crippen molar-refractivity contribution in [1.29, 1.82) is 0 Å². The van der Waals surface area contributed by atoms with E-state index in [1.165, 1.54) is 16.7 Å². The van der Waals surface area contributed by atoms with Crippen molar-refractivity contribution in [1.82, 2.24) is 0 Å². The van der Waals surface area contributed by atoms with Crippen LogP contribution < -0.4 is 5.73 Å². The van der Waals surface area contributed by atoms with Gasteiger partial charge in [0.05, 0.1) is 18.8 Å². The summed E-state index contributed by atoms with van der Waals surface area (Å²) >= 11 is 0. The maximum atomic E-state index is 6.03. The van der Waals surface area contributed by atoms with E-state index in [9.17, 15) is 0 Å². The van der Waals surface area contributed by atoms with Gasteiger partial charge in [0.15, 0.2) is 0 Å². The molecule has 1 aliphatic heterocycles. The molecule has 0 bridgehead atoms. The molecular weight excluding hydrogens is 162 g/mol.